The van der Waals surface area contributed by atoms with Gasteiger partial charge in [0.05, 0.1) is 23.1 Å². The fourth-order valence-corrected chi connectivity index (χ4v) is 5.41. The van der Waals surface area contributed by atoms with E-state index in [0.717, 1.165) is 35.5 Å². The molecular weight excluding hydrogens is 483 g/mol. The summed E-state index contributed by atoms with van der Waals surface area (Å²) in [5.41, 5.74) is 4.93. The number of rotatable bonds is 5. The average Bonchev–Trinajstić information content (AvgIpc) is 3.47. The largest absolute Gasteiger partial charge is 0.324 e. The van der Waals surface area contributed by atoms with E-state index < -0.39 is 0 Å². The summed E-state index contributed by atoms with van der Waals surface area (Å²) in [4.78, 5) is 20.0. The monoisotopic (exact) mass is 508 g/mol. The Labute approximate surface area is 214 Å². The molecule has 0 fully saturated rings. The van der Waals surface area contributed by atoms with Gasteiger partial charge in [0, 0.05) is 34.3 Å². The molecule has 1 amide bonds. The quantitative estimate of drug-likeness (QED) is 0.336. The molecule has 1 aliphatic rings. The fourth-order valence-electron chi connectivity index (χ4n) is 5.03. The molecule has 4 aromatic rings. The third-order valence-corrected chi connectivity index (χ3v) is 7.08. The molecule has 5 rings (SSSR count). The Bertz CT molecular complexity index is 1390. The first-order valence-electron chi connectivity index (χ1n) is 11.7. The molecule has 3 heterocycles. The van der Waals surface area contributed by atoms with Gasteiger partial charge in [-0.05, 0) is 49.6 Å². The molecule has 0 bridgehead atoms. The Morgan fingerprint density at radius 3 is 2.46 bits per heavy atom. The van der Waals surface area contributed by atoms with Crippen LogP contribution in [-0.4, -0.2) is 41.4 Å². The number of nitrogens with zero attached hydrogens (tertiary/aromatic N) is 6. The smallest absolute Gasteiger partial charge is 0.294 e. The molecule has 180 valence electrons. The van der Waals surface area contributed by atoms with Crippen LogP contribution in [0.4, 0.5) is 0 Å². The molecule has 0 N–H and O–H groups in total. The van der Waals surface area contributed by atoms with Crippen LogP contribution < -0.4 is 0 Å². The molecule has 0 spiro atoms. The fraction of sp³-hybridized carbons (Fsp3) is 0.308. The maximum Gasteiger partial charge on any atom is 0.294 e. The van der Waals surface area contributed by atoms with E-state index in [4.69, 9.17) is 28.3 Å². The van der Waals surface area contributed by atoms with Gasteiger partial charge >= 0.3 is 0 Å². The molecule has 0 radical (unpaired) electrons. The summed E-state index contributed by atoms with van der Waals surface area (Å²) in [5, 5.41) is 10.7. The molecule has 35 heavy (non-hydrogen) atoms. The van der Waals surface area contributed by atoms with E-state index >= 15 is 0 Å². The molecular formula is C26H26Cl2N6O. The number of amides is 1. The lowest BCUT2D eigenvalue weighted by atomic mass is 9.87. The second kappa shape index (κ2) is 9.47. The van der Waals surface area contributed by atoms with Crippen LogP contribution in [0.3, 0.4) is 0 Å². The van der Waals surface area contributed by atoms with Gasteiger partial charge in [-0.2, -0.15) is 5.10 Å². The van der Waals surface area contributed by atoms with Gasteiger partial charge in [0.1, 0.15) is 6.33 Å². The number of benzene rings is 2. The van der Waals surface area contributed by atoms with Crippen molar-refractivity contribution in [2.75, 3.05) is 0 Å². The van der Waals surface area contributed by atoms with Crippen molar-refractivity contribution < 1.29 is 4.79 Å². The third kappa shape index (κ3) is 4.23. The number of aryl methyl sites for hydroxylation is 1. The van der Waals surface area contributed by atoms with Gasteiger partial charge in [0.2, 0.25) is 5.82 Å². The van der Waals surface area contributed by atoms with Gasteiger partial charge in [-0.3, -0.25) is 9.48 Å². The summed E-state index contributed by atoms with van der Waals surface area (Å²) in [5.74, 6) is -0.0265. The first kappa shape index (κ1) is 23.6. The molecule has 0 saturated carbocycles. The number of halogens is 2. The standard InChI is InChI=1S/C26H26Cl2N6O/c1-4-19-14-21-23(30-32(3)24(21)16-8-6-9-17(27)12-16)22(5-2)34(19)26(35)25-29-15-33(31-25)20-11-7-10-18(28)13-20/h6-13,15,19,22H,4-5,14H2,1-3H3. The molecule has 1 aliphatic heterocycles. The molecule has 9 heteroatoms. The molecule has 0 saturated heterocycles. The normalized spacial score (nSPS) is 17.5. The maximum atomic E-state index is 13.8. The predicted molar refractivity (Wildman–Crippen MR) is 137 cm³/mol. The Kier molecular flexibility index (Phi) is 6.38. The van der Waals surface area contributed by atoms with Crippen molar-refractivity contribution in [3.63, 3.8) is 0 Å². The Hall–Kier alpha value is -3.16. The van der Waals surface area contributed by atoms with Crippen molar-refractivity contribution in [3.8, 4) is 16.9 Å². The predicted octanol–water partition coefficient (Wildman–Crippen LogP) is 5.90. The van der Waals surface area contributed by atoms with Gasteiger partial charge in [-0.25, -0.2) is 9.67 Å². The zero-order valence-electron chi connectivity index (χ0n) is 19.8. The molecule has 2 aromatic heterocycles. The second-order valence-electron chi connectivity index (χ2n) is 8.74. The van der Waals surface area contributed by atoms with Crippen LogP contribution in [0, 0.1) is 0 Å². The van der Waals surface area contributed by atoms with Crippen molar-refractivity contribution in [2.24, 2.45) is 7.05 Å². The van der Waals surface area contributed by atoms with E-state index in [0.29, 0.717) is 16.5 Å². The van der Waals surface area contributed by atoms with Gasteiger partial charge in [0.15, 0.2) is 0 Å². The summed E-state index contributed by atoms with van der Waals surface area (Å²) in [6.07, 6.45) is 3.80. The minimum absolute atomic E-state index is 0.000189. The van der Waals surface area contributed by atoms with Crippen LogP contribution in [0.25, 0.3) is 16.9 Å². The van der Waals surface area contributed by atoms with Crippen LogP contribution >= 0.6 is 23.2 Å². The maximum absolute atomic E-state index is 13.8. The number of carbonyl (C=O) groups excluding carboxylic acids is 1. The van der Waals surface area contributed by atoms with E-state index in [2.05, 4.69) is 30.0 Å². The van der Waals surface area contributed by atoms with Crippen molar-refractivity contribution in [1.29, 1.82) is 0 Å². The van der Waals surface area contributed by atoms with E-state index in [1.165, 1.54) is 5.56 Å². The highest BCUT2D eigenvalue weighted by atomic mass is 35.5. The number of fused-ring (bicyclic) bond motifs is 1. The molecule has 2 atom stereocenters. The highest BCUT2D eigenvalue weighted by molar-refractivity contribution is 6.31. The van der Waals surface area contributed by atoms with E-state index in [1.807, 2.05) is 47.0 Å². The summed E-state index contributed by atoms with van der Waals surface area (Å²) in [7, 11) is 1.95. The SMILES string of the molecule is CCC1Cc2c(nn(C)c2-c2cccc(Cl)c2)C(CC)N1C(=O)c1ncn(-c2cccc(Cl)c2)n1. The van der Waals surface area contributed by atoms with Gasteiger partial charge in [0.25, 0.3) is 5.91 Å². The lowest BCUT2D eigenvalue weighted by molar-refractivity contribution is 0.0500. The minimum Gasteiger partial charge on any atom is -0.324 e. The lowest BCUT2D eigenvalue weighted by Gasteiger charge is -2.40. The van der Waals surface area contributed by atoms with E-state index in [9.17, 15) is 4.79 Å². The summed E-state index contributed by atoms with van der Waals surface area (Å²) < 4.78 is 3.49. The van der Waals surface area contributed by atoms with Crippen molar-refractivity contribution >= 4 is 29.1 Å². The van der Waals surface area contributed by atoms with Gasteiger partial charge in [-0.1, -0.05) is 55.2 Å². The number of hydrogen-bond donors (Lipinski definition) is 0. The minimum atomic E-state index is -0.190. The van der Waals surface area contributed by atoms with Crippen LogP contribution in [0.5, 0.6) is 0 Å². The molecule has 2 aromatic carbocycles. The van der Waals surface area contributed by atoms with Crippen molar-refractivity contribution in [2.45, 2.75) is 45.2 Å². The summed E-state index contributed by atoms with van der Waals surface area (Å²) >= 11 is 12.4. The third-order valence-electron chi connectivity index (χ3n) is 6.61. The van der Waals surface area contributed by atoms with Gasteiger partial charge in [-0.15, -0.1) is 5.10 Å². The lowest BCUT2D eigenvalue weighted by Crippen LogP contribution is -2.47. The Morgan fingerprint density at radius 2 is 1.77 bits per heavy atom. The summed E-state index contributed by atoms with van der Waals surface area (Å²) in [6.45, 7) is 4.19. The number of hydrogen-bond acceptors (Lipinski definition) is 4. The number of aromatic nitrogens is 5. The van der Waals surface area contributed by atoms with Crippen LogP contribution in [0.2, 0.25) is 10.0 Å². The summed E-state index contributed by atoms with van der Waals surface area (Å²) in [6, 6.07) is 14.9. The average molecular weight is 509 g/mol. The zero-order chi connectivity index (χ0) is 24.7. The Balaban J connectivity index is 1.53. The van der Waals surface area contributed by atoms with E-state index in [-0.39, 0.29) is 23.8 Å². The number of carbonyl (C=O) groups is 1. The van der Waals surface area contributed by atoms with Crippen molar-refractivity contribution in [3.05, 3.63) is 82.0 Å². The van der Waals surface area contributed by atoms with Crippen LogP contribution in [0.15, 0.2) is 54.9 Å². The van der Waals surface area contributed by atoms with Crippen LogP contribution in [0.1, 0.15) is 54.6 Å². The molecule has 0 aliphatic carbocycles. The molecule has 7 nitrogen and oxygen atoms in total. The highest BCUT2D eigenvalue weighted by Gasteiger charge is 2.41. The molecule has 2 unspecified atom stereocenters. The Morgan fingerprint density at radius 1 is 1.03 bits per heavy atom. The second-order valence-corrected chi connectivity index (χ2v) is 9.61. The van der Waals surface area contributed by atoms with E-state index in [1.54, 1.807) is 23.1 Å². The van der Waals surface area contributed by atoms with Crippen LogP contribution in [-0.2, 0) is 13.5 Å². The van der Waals surface area contributed by atoms with Gasteiger partial charge < -0.3 is 4.90 Å². The first-order chi connectivity index (χ1) is 16.9. The topological polar surface area (TPSA) is 68.8 Å². The first-order valence-corrected chi connectivity index (χ1v) is 12.5. The zero-order valence-corrected chi connectivity index (χ0v) is 21.3. The van der Waals surface area contributed by atoms with Crippen molar-refractivity contribution in [1.82, 2.24) is 29.4 Å². The highest BCUT2D eigenvalue weighted by Crippen LogP contribution is 2.41.